The number of rotatable bonds is 3. The molecule has 2 aromatic carbocycles. The lowest BCUT2D eigenvalue weighted by molar-refractivity contribution is -0.00000424. The number of hydrogen-bond acceptors (Lipinski definition) is 3. The van der Waals surface area contributed by atoms with E-state index >= 15 is 0 Å². The number of hydrogen-bond donors (Lipinski definition) is 1. The number of para-hydroxylation sites is 1. The number of nitrogen functional groups attached to an aromatic ring is 1. The number of quaternary nitrogens is 1. The van der Waals surface area contributed by atoms with Gasteiger partial charge in [0.05, 0.1) is 26.8 Å². The first-order valence-electron chi connectivity index (χ1n) is 6.15. The van der Waals surface area contributed by atoms with Crippen molar-refractivity contribution in [1.82, 2.24) is 4.48 Å². The molecule has 2 aromatic rings. The number of benzene rings is 2. The number of nitrogens with two attached hydrogens (primary N) is 1. The molecule has 106 valence electrons. The van der Waals surface area contributed by atoms with E-state index in [1.54, 1.807) is 0 Å². The number of nitrogens with zero attached hydrogens (tertiary/aromatic N) is 3. The van der Waals surface area contributed by atoms with Crippen LogP contribution in [0.15, 0.2) is 58.8 Å². The van der Waals surface area contributed by atoms with E-state index in [0.717, 1.165) is 22.7 Å². The van der Waals surface area contributed by atoms with Crippen LogP contribution in [0.2, 0.25) is 0 Å². The summed E-state index contributed by atoms with van der Waals surface area (Å²) in [4.78, 5) is 0. The van der Waals surface area contributed by atoms with E-state index in [1.807, 2.05) is 42.5 Å². The Morgan fingerprint density at radius 1 is 0.850 bits per heavy atom. The van der Waals surface area contributed by atoms with Crippen LogP contribution in [0.3, 0.4) is 0 Å². The average molecular weight is 291 g/mol. The standard InChI is InChI=1S/C15H19N4.ClH/c1-19(2,3)15-7-5-4-6-14(15)18-17-13-10-8-12(16)9-11-13;/h4-11H,16H2,1-3H3;1H/q+1;/p-1. The smallest absolute Gasteiger partial charge is 0.160 e. The second-order valence-corrected chi connectivity index (χ2v) is 5.29. The summed E-state index contributed by atoms with van der Waals surface area (Å²) in [5.41, 5.74) is 9.17. The summed E-state index contributed by atoms with van der Waals surface area (Å²) in [7, 11) is 6.33. The molecule has 0 aliphatic rings. The monoisotopic (exact) mass is 290 g/mol. The zero-order valence-electron chi connectivity index (χ0n) is 11.9. The summed E-state index contributed by atoms with van der Waals surface area (Å²) in [6.07, 6.45) is 0. The van der Waals surface area contributed by atoms with Gasteiger partial charge in [0.1, 0.15) is 5.69 Å². The van der Waals surface area contributed by atoms with Crippen molar-refractivity contribution in [3.05, 3.63) is 48.5 Å². The number of halogens is 1. The van der Waals surface area contributed by atoms with Crippen molar-refractivity contribution in [3.63, 3.8) is 0 Å². The average Bonchev–Trinajstić information content (AvgIpc) is 2.37. The molecule has 0 bridgehead atoms. The Hall–Kier alpha value is -1.91. The van der Waals surface area contributed by atoms with Gasteiger partial charge in [0.25, 0.3) is 0 Å². The molecule has 0 heterocycles. The Morgan fingerprint density at radius 2 is 1.45 bits per heavy atom. The van der Waals surface area contributed by atoms with Gasteiger partial charge in [0, 0.05) is 11.8 Å². The highest BCUT2D eigenvalue weighted by atomic mass is 35.5. The van der Waals surface area contributed by atoms with E-state index in [0.29, 0.717) is 4.48 Å². The van der Waals surface area contributed by atoms with E-state index in [9.17, 15) is 0 Å². The van der Waals surface area contributed by atoms with Crippen LogP contribution in [0.25, 0.3) is 0 Å². The second-order valence-electron chi connectivity index (χ2n) is 5.29. The minimum atomic E-state index is 0. The molecule has 0 spiro atoms. The van der Waals surface area contributed by atoms with Crippen LogP contribution in [0, 0.1) is 0 Å². The van der Waals surface area contributed by atoms with Crippen molar-refractivity contribution in [2.24, 2.45) is 10.2 Å². The van der Waals surface area contributed by atoms with E-state index < -0.39 is 0 Å². The highest BCUT2D eigenvalue weighted by molar-refractivity contribution is 5.63. The van der Waals surface area contributed by atoms with Crippen LogP contribution < -0.4 is 22.6 Å². The lowest BCUT2D eigenvalue weighted by atomic mass is 10.2. The molecule has 2 rings (SSSR count). The Kier molecular flexibility index (Phi) is 5.25. The predicted molar refractivity (Wildman–Crippen MR) is 81.0 cm³/mol. The number of azo groups is 1. The summed E-state index contributed by atoms with van der Waals surface area (Å²) < 4.78 is 0.705. The Labute approximate surface area is 125 Å². The van der Waals surface area contributed by atoms with E-state index in [-0.39, 0.29) is 12.4 Å². The fourth-order valence-electron chi connectivity index (χ4n) is 1.77. The first kappa shape index (κ1) is 16.1. The molecule has 0 radical (unpaired) electrons. The van der Waals surface area contributed by atoms with Gasteiger partial charge in [-0.25, -0.2) is 0 Å². The van der Waals surface area contributed by atoms with E-state index in [1.165, 1.54) is 0 Å². The van der Waals surface area contributed by atoms with E-state index in [2.05, 4.69) is 37.4 Å². The van der Waals surface area contributed by atoms with Crippen LogP contribution in [-0.4, -0.2) is 21.1 Å². The molecule has 0 unspecified atom stereocenters. The fraction of sp³-hybridized carbons (Fsp3) is 0.200. The van der Waals surface area contributed by atoms with Crippen LogP contribution in [0.4, 0.5) is 22.7 Å². The Balaban J connectivity index is 0.00000200. The zero-order valence-corrected chi connectivity index (χ0v) is 12.7. The molecule has 0 aliphatic heterocycles. The summed E-state index contributed by atoms with van der Waals surface area (Å²) in [5.74, 6) is 0. The molecular weight excluding hydrogens is 272 g/mol. The van der Waals surface area contributed by atoms with Crippen molar-refractivity contribution in [1.29, 1.82) is 0 Å². The molecule has 0 atom stereocenters. The zero-order chi connectivity index (χ0) is 13.9. The third kappa shape index (κ3) is 4.05. The van der Waals surface area contributed by atoms with Gasteiger partial charge in [-0.2, -0.15) is 5.11 Å². The van der Waals surface area contributed by atoms with Gasteiger partial charge >= 0.3 is 0 Å². The first-order chi connectivity index (χ1) is 8.97. The summed E-state index contributed by atoms with van der Waals surface area (Å²) in [6.45, 7) is 0. The molecule has 0 saturated carbocycles. The van der Waals surface area contributed by atoms with Gasteiger partial charge < -0.3 is 18.1 Å². The van der Waals surface area contributed by atoms with Gasteiger partial charge in [0.2, 0.25) is 0 Å². The molecule has 4 nitrogen and oxygen atoms in total. The SMILES string of the molecule is C[N+](C)(C)c1ccccc1N=Nc1ccc(N)cc1.[Cl-]. The fourth-order valence-corrected chi connectivity index (χ4v) is 1.77. The quantitative estimate of drug-likeness (QED) is 0.509. The van der Waals surface area contributed by atoms with Gasteiger partial charge in [-0.1, -0.05) is 12.1 Å². The highest BCUT2D eigenvalue weighted by Gasteiger charge is 2.16. The summed E-state index contributed by atoms with van der Waals surface area (Å²) in [5, 5.41) is 8.59. The van der Waals surface area contributed by atoms with Crippen molar-refractivity contribution in [2.75, 3.05) is 26.9 Å². The van der Waals surface area contributed by atoms with Crippen LogP contribution in [0.1, 0.15) is 0 Å². The molecule has 2 N–H and O–H groups in total. The van der Waals surface area contributed by atoms with Crippen LogP contribution in [-0.2, 0) is 0 Å². The van der Waals surface area contributed by atoms with Crippen LogP contribution >= 0.6 is 0 Å². The van der Waals surface area contributed by atoms with Gasteiger partial charge in [-0.05, 0) is 30.3 Å². The molecule has 0 aliphatic carbocycles. The maximum atomic E-state index is 5.64. The van der Waals surface area contributed by atoms with Crippen molar-refractivity contribution in [2.45, 2.75) is 0 Å². The summed E-state index contributed by atoms with van der Waals surface area (Å²) in [6, 6.07) is 15.4. The molecular formula is C15H19ClN4. The van der Waals surface area contributed by atoms with Gasteiger partial charge in [0.15, 0.2) is 5.69 Å². The van der Waals surface area contributed by atoms with Crippen molar-refractivity contribution in [3.8, 4) is 0 Å². The van der Waals surface area contributed by atoms with Gasteiger partial charge in [-0.3, -0.25) is 4.48 Å². The minimum Gasteiger partial charge on any atom is -1.00 e. The maximum Gasteiger partial charge on any atom is 0.160 e. The Bertz CT molecular complexity index is 586. The molecule has 0 fully saturated rings. The lowest BCUT2D eigenvalue weighted by Crippen LogP contribution is -3.00. The molecule has 0 aromatic heterocycles. The molecule has 0 saturated heterocycles. The number of anilines is 1. The summed E-state index contributed by atoms with van der Waals surface area (Å²) >= 11 is 0. The van der Waals surface area contributed by atoms with Crippen molar-refractivity contribution >= 4 is 22.7 Å². The molecule has 20 heavy (non-hydrogen) atoms. The molecule has 0 amide bonds. The lowest BCUT2D eigenvalue weighted by Gasteiger charge is -2.24. The third-order valence-corrected chi connectivity index (χ3v) is 2.77. The van der Waals surface area contributed by atoms with Gasteiger partial charge in [-0.15, -0.1) is 5.11 Å². The normalized spacial score (nSPS) is 11.3. The topological polar surface area (TPSA) is 50.7 Å². The molecule has 5 heteroatoms. The van der Waals surface area contributed by atoms with Crippen molar-refractivity contribution < 1.29 is 12.4 Å². The van der Waals surface area contributed by atoms with E-state index in [4.69, 9.17) is 5.73 Å². The Morgan fingerprint density at radius 3 is 2.05 bits per heavy atom. The highest BCUT2D eigenvalue weighted by Crippen LogP contribution is 2.31. The van der Waals surface area contributed by atoms with Crippen LogP contribution in [0.5, 0.6) is 0 Å². The third-order valence-electron chi connectivity index (χ3n) is 2.77. The first-order valence-corrected chi connectivity index (χ1v) is 6.15. The maximum absolute atomic E-state index is 5.64. The second kappa shape index (κ2) is 6.50. The predicted octanol–water partition coefficient (Wildman–Crippen LogP) is 0.885. The largest absolute Gasteiger partial charge is 1.00 e. The minimum absolute atomic E-state index is 0.